The van der Waals surface area contributed by atoms with Crippen LogP contribution in [0.25, 0.3) is 0 Å². The van der Waals surface area contributed by atoms with E-state index in [2.05, 4.69) is 28.3 Å². The Bertz CT molecular complexity index is 368. The largest absolute Gasteiger partial charge is 0.544 e. The molecule has 0 aliphatic carbocycles. The van der Waals surface area contributed by atoms with Gasteiger partial charge in [-0.15, -0.1) is 0 Å². The second-order valence-corrected chi connectivity index (χ2v) is 4.86. The van der Waals surface area contributed by atoms with Crippen LogP contribution in [0.1, 0.15) is 53.4 Å². The van der Waals surface area contributed by atoms with Crippen LogP contribution in [0, 0.1) is 0 Å². The smallest absolute Gasteiger partial charge is 0.433 e. The van der Waals surface area contributed by atoms with Gasteiger partial charge in [0, 0.05) is 5.57 Å². The highest BCUT2D eigenvalue weighted by Gasteiger charge is 2.18. The molecule has 0 amide bonds. The van der Waals surface area contributed by atoms with E-state index in [1.54, 1.807) is 0 Å². The van der Waals surface area contributed by atoms with Gasteiger partial charge in [-0.2, -0.15) is 4.89 Å². The first-order valence-corrected chi connectivity index (χ1v) is 7.55. The lowest BCUT2D eigenvalue weighted by atomic mass is 10.2. The van der Waals surface area contributed by atoms with Crippen molar-refractivity contribution in [3.05, 3.63) is 12.2 Å². The van der Waals surface area contributed by atoms with Crippen LogP contribution in [0.15, 0.2) is 12.2 Å². The van der Waals surface area contributed by atoms with E-state index in [0.29, 0.717) is 6.61 Å². The lowest BCUT2D eigenvalue weighted by Gasteiger charge is -2.18. The van der Waals surface area contributed by atoms with E-state index in [0.717, 1.165) is 25.7 Å². The van der Waals surface area contributed by atoms with E-state index < -0.39 is 24.7 Å². The second-order valence-electron chi connectivity index (χ2n) is 4.86. The van der Waals surface area contributed by atoms with Crippen LogP contribution in [-0.2, 0) is 33.8 Å². The average molecular weight is 334 g/mol. The molecule has 0 spiro atoms. The van der Waals surface area contributed by atoms with Crippen LogP contribution >= 0.6 is 0 Å². The molecule has 0 rings (SSSR count). The van der Waals surface area contributed by atoms with E-state index >= 15 is 0 Å². The summed E-state index contributed by atoms with van der Waals surface area (Å²) < 4.78 is 14.7. The fourth-order valence-electron chi connectivity index (χ4n) is 1.41. The predicted octanol–water partition coefficient (Wildman–Crippen LogP) is 3.41. The molecule has 2 atom stereocenters. The van der Waals surface area contributed by atoms with Crippen molar-refractivity contribution in [2.75, 3.05) is 6.61 Å². The Morgan fingerprint density at radius 3 is 2.30 bits per heavy atom. The van der Waals surface area contributed by atoms with Crippen molar-refractivity contribution in [3.63, 3.8) is 0 Å². The Labute approximate surface area is 136 Å². The van der Waals surface area contributed by atoms with Crippen molar-refractivity contribution in [2.45, 2.75) is 66.0 Å². The number of rotatable bonds is 12. The zero-order valence-corrected chi connectivity index (χ0v) is 14.2. The van der Waals surface area contributed by atoms with Crippen LogP contribution < -0.4 is 0 Å². The normalized spacial score (nSPS) is 13.0. The molecule has 0 aliphatic heterocycles. The molecule has 0 aromatic heterocycles. The van der Waals surface area contributed by atoms with E-state index in [1.165, 1.54) is 20.8 Å². The number of esters is 1. The zero-order chi connectivity index (χ0) is 17.7. The minimum atomic E-state index is -1.13. The van der Waals surface area contributed by atoms with Gasteiger partial charge in [-0.3, -0.25) is 0 Å². The van der Waals surface area contributed by atoms with Crippen molar-refractivity contribution >= 4 is 12.1 Å². The van der Waals surface area contributed by atoms with Gasteiger partial charge in [0.15, 0.2) is 0 Å². The molecule has 134 valence electrons. The molecule has 0 radical (unpaired) electrons. The molecule has 0 aromatic rings. The molecule has 0 heterocycles. The monoisotopic (exact) mass is 334 g/mol. The third-order valence-electron chi connectivity index (χ3n) is 2.50. The summed E-state index contributed by atoms with van der Waals surface area (Å²) >= 11 is 0. The summed E-state index contributed by atoms with van der Waals surface area (Å²) in [7, 11) is 0. The van der Waals surface area contributed by atoms with Crippen LogP contribution in [0.4, 0.5) is 4.79 Å². The number of carbonyl (C=O) groups excluding carboxylic acids is 2. The first kappa shape index (κ1) is 21.4. The van der Waals surface area contributed by atoms with Crippen molar-refractivity contribution < 1.29 is 38.6 Å². The van der Waals surface area contributed by atoms with E-state index in [9.17, 15) is 9.59 Å². The SMILES string of the molecule is C=C(C)C(=O)OC(C)OC(C)OC(=O)OOOCCCCCC. The summed E-state index contributed by atoms with van der Waals surface area (Å²) in [5.74, 6) is -0.605. The minimum Gasteiger partial charge on any atom is -0.433 e. The maximum atomic E-state index is 11.3. The molecule has 0 saturated carbocycles. The van der Waals surface area contributed by atoms with Crippen molar-refractivity contribution in [1.29, 1.82) is 0 Å². The summed E-state index contributed by atoms with van der Waals surface area (Å²) in [4.78, 5) is 31.4. The first-order chi connectivity index (χ1) is 10.9. The highest BCUT2D eigenvalue weighted by Crippen LogP contribution is 2.06. The number of ether oxygens (including phenoxy) is 3. The number of carbonyl (C=O) groups is 2. The molecule has 0 fully saturated rings. The van der Waals surface area contributed by atoms with E-state index in [1.807, 2.05) is 0 Å². The fraction of sp³-hybridized carbons (Fsp3) is 0.733. The van der Waals surface area contributed by atoms with Gasteiger partial charge < -0.3 is 14.2 Å². The fourth-order valence-corrected chi connectivity index (χ4v) is 1.41. The maximum absolute atomic E-state index is 11.3. The Morgan fingerprint density at radius 2 is 1.70 bits per heavy atom. The number of hydrogen-bond donors (Lipinski definition) is 0. The summed E-state index contributed by atoms with van der Waals surface area (Å²) in [6.45, 7) is 10.3. The molecule has 0 aliphatic rings. The molecule has 2 unspecified atom stereocenters. The van der Waals surface area contributed by atoms with Crippen LogP contribution in [0.5, 0.6) is 0 Å². The highest BCUT2D eigenvalue weighted by atomic mass is 17.5. The molecule has 0 bridgehead atoms. The van der Waals surface area contributed by atoms with Gasteiger partial charge in [0.25, 0.3) is 0 Å². The lowest BCUT2D eigenvalue weighted by molar-refractivity contribution is -0.488. The van der Waals surface area contributed by atoms with Crippen molar-refractivity contribution in [3.8, 4) is 0 Å². The van der Waals surface area contributed by atoms with Crippen molar-refractivity contribution in [2.24, 2.45) is 0 Å². The zero-order valence-electron chi connectivity index (χ0n) is 14.2. The molecule has 0 saturated heterocycles. The van der Waals surface area contributed by atoms with Crippen LogP contribution in [0.2, 0.25) is 0 Å². The Kier molecular flexibility index (Phi) is 11.9. The van der Waals surface area contributed by atoms with Gasteiger partial charge in [-0.1, -0.05) is 32.8 Å². The quantitative estimate of drug-likeness (QED) is 0.134. The molecule has 8 nitrogen and oxygen atoms in total. The molecule has 0 N–H and O–H groups in total. The van der Waals surface area contributed by atoms with Crippen molar-refractivity contribution in [1.82, 2.24) is 0 Å². The van der Waals surface area contributed by atoms with Gasteiger partial charge in [0.1, 0.15) is 0 Å². The number of unbranched alkanes of at least 4 members (excludes halogenated alkanes) is 3. The molecule has 23 heavy (non-hydrogen) atoms. The summed E-state index contributed by atoms with van der Waals surface area (Å²) in [5, 5.41) is 4.25. The first-order valence-electron chi connectivity index (χ1n) is 7.55. The third-order valence-corrected chi connectivity index (χ3v) is 2.50. The maximum Gasteiger partial charge on any atom is 0.544 e. The van der Waals surface area contributed by atoms with Crippen LogP contribution in [0.3, 0.4) is 0 Å². The Morgan fingerprint density at radius 1 is 1.04 bits per heavy atom. The number of hydrogen-bond acceptors (Lipinski definition) is 8. The predicted molar refractivity (Wildman–Crippen MR) is 79.7 cm³/mol. The summed E-state index contributed by atoms with van der Waals surface area (Å²) in [6, 6.07) is 0. The molecular weight excluding hydrogens is 308 g/mol. The standard InChI is InChI=1S/C15H26O8/c1-6-7-8-9-10-18-23-22-15(17)21-13(5)19-12(4)20-14(16)11(2)3/h12-13H,2,6-10H2,1,3-5H3. The topological polar surface area (TPSA) is 89.5 Å². The van der Waals surface area contributed by atoms with E-state index in [4.69, 9.17) is 14.2 Å². The third kappa shape index (κ3) is 12.6. The molecule has 0 aromatic carbocycles. The Hall–Kier alpha value is -1.64. The Balaban J connectivity index is 3.72. The van der Waals surface area contributed by atoms with Gasteiger partial charge in [0.2, 0.25) is 12.6 Å². The summed E-state index contributed by atoms with van der Waals surface area (Å²) in [6.07, 6.45) is 0.968. The lowest BCUT2D eigenvalue weighted by Crippen LogP contribution is -2.27. The van der Waals surface area contributed by atoms with Gasteiger partial charge >= 0.3 is 12.1 Å². The average Bonchev–Trinajstić information content (AvgIpc) is 2.45. The molecular formula is C15H26O8. The summed E-state index contributed by atoms with van der Waals surface area (Å²) in [5.41, 5.74) is 0.234. The highest BCUT2D eigenvalue weighted by molar-refractivity contribution is 5.86. The molecule has 8 heteroatoms. The van der Waals surface area contributed by atoms with E-state index in [-0.39, 0.29) is 5.57 Å². The van der Waals surface area contributed by atoms with Gasteiger partial charge in [0.05, 0.1) is 6.61 Å². The second kappa shape index (κ2) is 12.9. The van der Waals surface area contributed by atoms with Gasteiger partial charge in [-0.25, -0.2) is 14.5 Å². The van der Waals surface area contributed by atoms with Crippen LogP contribution in [-0.4, -0.2) is 31.3 Å². The van der Waals surface area contributed by atoms with Gasteiger partial charge in [-0.05, 0) is 32.2 Å². The minimum absolute atomic E-state index is 0.234.